The first-order valence-corrected chi connectivity index (χ1v) is 7.15. The van der Waals surface area contributed by atoms with Crippen LogP contribution in [0.3, 0.4) is 0 Å². The molecule has 0 aliphatic carbocycles. The second kappa shape index (κ2) is 7.98. The van der Waals surface area contributed by atoms with Crippen LogP contribution in [0.4, 0.5) is 13.2 Å². The second-order valence-electron chi connectivity index (χ2n) is 5.24. The number of nitrogens with zero attached hydrogens (tertiary/aromatic N) is 2. The van der Waals surface area contributed by atoms with Crippen molar-refractivity contribution in [3.63, 3.8) is 0 Å². The van der Waals surface area contributed by atoms with E-state index >= 15 is 0 Å². The number of rotatable bonds is 6. The lowest BCUT2D eigenvalue weighted by Gasteiger charge is -2.20. The van der Waals surface area contributed by atoms with E-state index in [-0.39, 0.29) is 17.8 Å². The quantitative estimate of drug-likeness (QED) is 0.630. The minimum atomic E-state index is -4.57. The van der Waals surface area contributed by atoms with E-state index in [2.05, 4.69) is 15.2 Å². The van der Waals surface area contributed by atoms with Gasteiger partial charge in [0.05, 0.1) is 18.7 Å². The van der Waals surface area contributed by atoms with E-state index in [0.29, 0.717) is 5.69 Å². The van der Waals surface area contributed by atoms with Gasteiger partial charge in [-0.2, -0.15) is 18.3 Å². The number of aryl methyl sites for hydroxylation is 2. The van der Waals surface area contributed by atoms with Crippen molar-refractivity contribution in [3.05, 3.63) is 29.1 Å². The number of esters is 1. The van der Waals surface area contributed by atoms with Crippen LogP contribution in [0.25, 0.3) is 0 Å². The van der Waals surface area contributed by atoms with Gasteiger partial charge >= 0.3 is 12.1 Å². The summed E-state index contributed by atoms with van der Waals surface area (Å²) >= 11 is 0. The van der Waals surface area contributed by atoms with Crippen LogP contribution < -0.4 is 5.32 Å². The van der Waals surface area contributed by atoms with Gasteiger partial charge < -0.3 is 10.1 Å². The fourth-order valence-electron chi connectivity index (χ4n) is 2.33. The Balaban J connectivity index is 2.83. The summed E-state index contributed by atoms with van der Waals surface area (Å²) in [5, 5.41) is 6.30. The maximum absolute atomic E-state index is 13.4. The highest BCUT2D eigenvalue weighted by Gasteiger charge is 2.44. The monoisotopic (exact) mass is 347 g/mol. The van der Waals surface area contributed by atoms with Crippen molar-refractivity contribution < 1.29 is 27.5 Å². The molecule has 0 spiro atoms. The summed E-state index contributed by atoms with van der Waals surface area (Å²) in [4.78, 5) is 22.7. The summed E-state index contributed by atoms with van der Waals surface area (Å²) in [5.41, 5.74) is 0.633. The molecule has 0 aliphatic rings. The van der Waals surface area contributed by atoms with Gasteiger partial charge in [0.1, 0.15) is 0 Å². The van der Waals surface area contributed by atoms with Crippen LogP contribution in [-0.2, 0) is 21.4 Å². The molecule has 134 valence electrons. The van der Waals surface area contributed by atoms with Crippen molar-refractivity contribution in [2.75, 3.05) is 13.7 Å². The Labute approximate surface area is 137 Å². The summed E-state index contributed by atoms with van der Waals surface area (Å²) in [6.45, 7) is 2.95. The number of methoxy groups -OCH3 is 1. The molecule has 0 radical (unpaired) electrons. The maximum atomic E-state index is 13.4. The number of carbonyl (C=O) groups excluding carboxylic acids is 2. The lowest BCUT2D eigenvalue weighted by molar-refractivity contribution is -0.157. The molecule has 1 rings (SSSR count). The van der Waals surface area contributed by atoms with Gasteiger partial charge in [0.25, 0.3) is 0 Å². The zero-order chi connectivity index (χ0) is 18.5. The predicted molar refractivity (Wildman–Crippen MR) is 80.3 cm³/mol. The number of nitrogens with one attached hydrogen (secondary N) is 1. The molecular formula is C15H20F3N3O3. The topological polar surface area (TPSA) is 73.2 Å². The van der Waals surface area contributed by atoms with E-state index in [1.807, 2.05) is 0 Å². The zero-order valence-electron chi connectivity index (χ0n) is 13.9. The molecule has 1 aromatic rings. The first-order chi connectivity index (χ1) is 11.1. The Morgan fingerprint density at radius 3 is 2.46 bits per heavy atom. The molecule has 1 N–H and O–H groups in total. The molecule has 1 heterocycles. The van der Waals surface area contributed by atoms with Crippen LogP contribution in [0, 0.1) is 13.8 Å². The first-order valence-electron chi connectivity index (χ1n) is 7.15. The highest BCUT2D eigenvalue weighted by molar-refractivity contribution is 5.82. The number of aromatic nitrogens is 2. The second-order valence-corrected chi connectivity index (χ2v) is 5.24. The number of carbonyl (C=O) groups is 2. The highest BCUT2D eigenvalue weighted by Crippen LogP contribution is 2.40. The minimum Gasteiger partial charge on any atom is -0.466 e. The van der Waals surface area contributed by atoms with Gasteiger partial charge in [-0.15, -0.1) is 0 Å². The largest absolute Gasteiger partial charge is 0.466 e. The lowest BCUT2D eigenvalue weighted by atomic mass is 9.93. The fraction of sp³-hybridized carbons (Fsp3) is 0.533. The SMILES string of the molecule is COC(=O)/C=C/CNC(=O)CC(c1c(C)nn(C)c1C)C(F)(F)F. The summed E-state index contributed by atoms with van der Waals surface area (Å²) in [6, 6.07) is 0. The molecule has 6 nitrogen and oxygen atoms in total. The third kappa shape index (κ3) is 5.10. The number of alkyl halides is 3. The van der Waals surface area contributed by atoms with Crippen LogP contribution in [-0.4, -0.2) is 41.5 Å². The summed E-state index contributed by atoms with van der Waals surface area (Å²) in [6.07, 6.45) is -2.94. The Bertz CT molecular complexity index is 636. The lowest BCUT2D eigenvalue weighted by Crippen LogP contribution is -2.31. The molecular weight excluding hydrogens is 327 g/mol. The van der Waals surface area contributed by atoms with Gasteiger partial charge in [0, 0.05) is 37.3 Å². The zero-order valence-corrected chi connectivity index (χ0v) is 13.9. The number of amides is 1. The normalized spacial score (nSPS) is 13.1. The minimum absolute atomic E-state index is 0.0188. The van der Waals surface area contributed by atoms with E-state index in [4.69, 9.17) is 0 Å². The van der Waals surface area contributed by atoms with Crippen LogP contribution in [0.1, 0.15) is 29.3 Å². The van der Waals surface area contributed by atoms with E-state index in [9.17, 15) is 22.8 Å². The van der Waals surface area contributed by atoms with Crippen molar-refractivity contribution in [1.29, 1.82) is 0 Å². The molecule has 0 saturated carbocycles. The summed E-state index contributed by atoms with van der Waals surface area (Å²) in [7, 11) is 2.74. The van der Waals surface area contributed by atoms with E-state index < -0.39 is 30.4 Å². The number of halogens is 3. The van der Waals surface area contributed by atoms with Gasteiger partial charge in [-0.05, 0) is 13.8 Å². The molecule has 1 aromatic heterocycles. The first kappa shape index (κ1) is 19.7. The molecule has 9 heteroatoms. The molecule has 24 heavy (non-hydrogen) atoms. The number of hydrogen-bond donors (Lipinski definition) is 1. The average molecular weight is 347 g/mol. The van der Waals surface area contributed by atoms with Crippen LogP contribution >= 0.6 is 0 Å². The predicted octanol–water partition coefficient (Wildman–Crippen LogP) is 1.92. The highest BCUT2D eigenvalue weighted by atomic mass is 19.4. The third-order valence-electron chi connectivity index (χ3n) is 3.57. The van der Waals surface area contributed by atoms with Crippen molar-refractivity contribution >= 4 is 11.9 Å². The molecule has 0 saturated heterocycles. The maximum Gasteiger partial charge on any atom is 0.396 e. The molecule has 0 aromatic carbocycles. The Morgan fingerprint density at radius 1 is 1.38 bits per heavy atom. The van der Waals surface area contributed by atoms with E-state index in [1.54, 1.807) is 7.05 Å². The smallest absolute Gasteiger partial charge is 0.396 e. The van der Waals surface area contributed by atoms with Gasteiger partial charge in [-0.25, -0.2) is 4.79 Å². The van der Waals surface area contributed by atoms with Gasteiger partial charge in [0.15, 0.2) is 0 Å². The van der Waals surface area contributed by atoms with E-state index in [1.165, 1.54) is 31.7 Å². The van der Waals surface area contributed by atoms with Gasteiger partial charge in [0.2, 0.25) is 5.91 Å². The van der Waals surface area contributed by atoms with Gasteiger partial charge in [-0.3, -0.25) is 9.48 Å². The van der Waals surface area contributed by atoms with Gasteiger partial charge in [-0.1, -0.05) is 6.08 Å². The summed E-state index contributed by atoms with van der Waals surface area (Å²) < 4.78 is 45.9. The summed E-state index contributed by atoms with van der Waals surface area (Å²) in [5.74, 6) is -3.32. The van der Waals surface area contributed by atoms with Crippen molar-refractivity contribution in [2.45, 2.75) is 32.4 Å². The Morgan fingerprint density at radius 2 is 2.00 bits per heavy atom. The Hall–Kier alpha value is -2.32. The molecule has 1 atom stereocenters. The Kier molecular flexibility index (Phi) is 6.56. The van der Waals surface area contributed by atoms with Crippen LogP contribution in [0.15, 0.2) is 12.2 Å². The molecule has 0 fully saturated rings. The standard InChI is InChI=1S/C15H20F3N3O3/c1-9-14(10(2)21(3)20-9)11(15(16,17)18)8-12(22)19-7-5-6-13(23)24-4/h5-6,11H,7-8H2,1-4H3,(H,19,22)/b6-5+. The van der Waals surface area contributed by atoms with Crippen molar-refractivity contribution in [1.82, 2.24) is 15.1 Å². The van der Waals surface area contributed by atoms with Crippen LogP contribution in [0.5, 0.6) is 0 Å². The molecule has 0 bridgehead atoms. The molecule has 1 unspecified atom stereocenters. The average Bonchev–Trinajstić information content (AvgIpc) is 2.73. The van der Waals surface area contributed by atoms with Crippen molar-refractivity contribution in [2.24, 2.45) is 7.05 Å². The van der Waals surface area contributed by atoms with Crippen LogP contribution in [0.2, 0.25) is 0 Å². The van der Waals surface area contributed by atoms with E-state index in [0.717, 1.165) is 6.08 Å². The fourth-order valence-corrected chi connectivity index (χ4v) is 2.33. The van der Waals surface area contributed by atoms with Crippen molar-refractivity contribution in [3.8, 4) is 0 Å². The number of ether oxygens (including phenoxy) is 1. The number of hydrogen-bond acceptors (Lipinski definition) is 4. The molecule has 0 aliphatic heterocycles. The third-order valence-corrected chi connectivity index (χ3v) is 3.57. The molecule has 1 amide bonds.